The van der Waals surface area contributed by atoms with E-state index in [1.165, 1.54) is 16.9 Å². The average Bonchev–Trinajstić information content (AvgIpc) is 2.82. The molecule has 2 rings (SSSR count). The lowest BCUT2D eigenvalue weighted by molar-refractivity contribution is 0.386. The number of rotatable bonds is 7. The van der Waals surface area contributed by atoms with Crippen molar-refractivity contribution in [3.8, 4) is 6.07 Å². The van der Waals surface area contributed by atoms with Crippen molar-refractivity contribution in [2.45, 2.75) is 32.7 Å². The first kappa shape index (κ1) is 18.5. The van der Waals surface area contributed by atoms with Crippen LogP contribution in [0.15, 0.2) is 24.4 Å². The highest BCUT2D eigenvalue weighted by molar-refractivity contribution is 7.87. The van der Waals surface area contributed by atoms with Gasteiger partial charge in [-0.1, -0.05) is 12.1 Å². The molecule has 24 heavy (non-hydrogen) atoms. The van der Waals surface area contributed by atoms with E-state index in [-0.39, 0.29) is 12.5 Å². The molecule has 0 aliphatic rings. The number of benzene rings is 1. The minimum atomic E-state index is -3.58. The highest BCUT2D eigenvalue weighted by Crippen LogP contribution is 2.22. The zero-order chi connectivity index (χ0) is 17.9. The van der Waals surface area contributed by atoms with Crippen LogP contribution in [0.1, 0.15) is 24.5 Å². The van der Waals surface area contributed by atoms with E-state index < -0.39 is 10.2 Å². The molecule has 0 amide bonds. The maximum atomic E-state index is 12.3. The van der Waals surface area contributed by atoms with Crippen LogP contribution in [0.4, 0.5) is 0 Å². The molecule has 1 aromatic carbocycles. The molecule has 2 aromatic rings. The maximum Gasteiger partial charge on any atom is 0.279 e. The van der Waals surface area contributed by atoms with Crippen LogP contribution in [0.3, 0.4) is 0 Å². The van der Waals surface area contributed by atoms with Crippen molar-refractivity contribution >= 4 is 21.1 Å². The molecule has 1 heterocycles. The Labute approximate surface area is 143 Å². The van der Waals surface area contributed by atoms with E-state index in [9.17, 15) is 8.42 Å². The Morgan fingerprint density at radius 2 is 2.12 bits per heavy atom. The lowest BCUT2D eigenvalue weighted by Crippen LogP contribution is -2.43. The van der Waals surface area contributed by atoms with E-state index in [1.807, 2.05) is 19.3 Å². The van der Waals surface area contributed by atoms with Crippen LogP contribution >= 0.6 is 0 Å². The summed E-state index contributed by atoms with van der Waals surface area (Å²) < 4.78 is 30.4. The molecular weight excluding hydrogens is 324 g/mol. The van der Waals surface area contributed by atoms with Gasteiger partial charge in [0, 0.05) is 43.8 Å². The van der Waals surface area contributed by atoms with Crippen LogP contribution in [0.25, 0.3) is 10.9 Å². The molecular formula is C17H24N4O2S. The zero-order valence-electron chi connectivity index (χ0n) is 14.6. The van der Waals surface area contributed by atoms with Gasteiger partial charge in [0.05, 0.1) is 12.5 Å². The molecule has 1 atom stereocenters. The topological polar surface area (TPSA) is 78.1 Å². The van der Waals surface area contributed by atoms with Gasteiger partial charge in [-0.3, -0.25) is 0 Å². The van der Waals surface area contributed by atoms with E-state index in [4.69, 9.17) is 5.26 Å². The van der Waals surface area contributed by atoms with Crippen LogP contribution in [0.5, 0.6) is 0 Å². The summed E-state index contributed by atoms with van der Waals surface area (Å²) in [5, 5.41) is 9.85. The van der Waals surface area contributed by atoms with E-state index in [0.29, 0.717) is 13.0 Å². The van der Waals surface area contributed by atoms with Crippen molar-refractivity contribution in [1.82, 2.24) is 13.6 Å². The summed E-state index contributed by atoms with van der Waals surface area (Å²) in [5.41, 5.74) is 3.46. The minimum absolute atomic E-state index is 0.167. The van der Waals surface area contributed by atoms with E-state index in [2.05, 4.69) is 34.4 Å². The molecule has 6 nitrogen and oxygen atoms in total. The van der Waals surface area contributed by atoms with E-state index >= 15 is 0 Å². The molecule has 0 aliphatic heterocycles. The Morgan fingerprint density at radius 3 is 2.79 bits per heavy atom. The van der Waals surface area contributed by atoms with E-state index in [1.54, 1.807) is 6.92 Å². The number of nitrogens with one attached hydrogen (secondary N) is 1. The number of hydrogen-bond acceptors (Lipinski definition) is 3. The van der Waals surface area contributed by atoms with Crippen molar-refractivity contribution in [3.05, 3.63) is 35.5 Å². The zero-order valence-corrected chi connectivity index (χ0v) is 15.4. The molecule has 0 aliphatic carbocycles. The number of aromatic nitrogens is 1. The summed E-state index contributed by atoms with van der Waals surface area (Å²) in [6.07, 6.45) is 2.82. The van der Waals surface area contributed by atoms with Crippen molar-refractivity contribution in [1.29, 1.82) is 5.26 Å². The molecule has 1 N–H and O–H groups in total. The largest absolute Gasteiger partial charge is 0.350 e. The number of hydrogen-bond donors (Lipinski definition) is 1. The van der Waals surface area contributed by atoms with E-state index in [0.717, 1.165) is 16.5 Å². The fraction of sp³-hybridized carbons (Fsp3) is 0.471. The van der Waals surface area contributed by atoms with Crippen LogP contribution in [0.2, 0.25) is 0 Å². The highest BCUT2D eigenvalue weighted by Gasteiger charge is 2.22. The van der Waals surface area contributed by atoms with Gasteiger partial charge in [-0.25, -0.2) is 4.72 Å². The smallest absolute Gasteiger partial charge is 0.279 e. The van der Waals surface area contributed by atoms with Crippen molar-refractivity contribution in [2.75, 3.05) is 13.6 Å². The standard InChI is InChI=1S/C17H24N4O2S/c1-13-5-6-16-15(12-20(3)17(16)11-13)8-10-19-24(22,23)21(4)14(2)7-9-18/h5-6,11-12,14,19H,7-8,10H2,1-4H3/t14-/m0/s1. The molecule has 0 radical (unpaired) electrons. The van der Waals surface area contributed by atoms with Gasteiger partial charge in [-0.2, -0.15) is 18.0 Å². The molecule has 0 bridgehead atoms. The summed E-state index contributed by atoms with van der Waals surface area (Å²) >= 11 is 0. The Morgan fingerprint density at radius 1 is 1.42 bits per heavy atom. The molecule has 0 saturated heterocycles. The molecule has 1 aromatic heterocycles. The molecule has 0 fully saturated rings. The number of nitriles is 1. The Bertz CT molecular complexity index is 865. The lowest BCUT2D eigenvalue weighted by Gasteiger charge is -2.22. The molecule has 130 valence electrons. The first-order valence-corrected chi connectivity index (χ1v) is 9.34. The summed E-state index contributed by atoms with van der Waals surface area (Å²) in [4.78, 5) is 0. The molecule has 7 heteroatoms. The SMILES string of the molecule is Cc1ccc2c(CCNS(=O)(=O)N(C)[C@@H](C)CC#N)cn(C)c2c1. The summed E-state index contributed by atoms with van der Waals surface area (Å²) in [6.45, 7) is 4.09. The van der Waals surface area contributed by atoms with Crippen LogP contribution < -0.4 is 4.72 Å². The second-order valence-electron chi connectivity index (χ2n) is 6.16. The molecule has 0 unspecified atom stereocenters. The fourth-order valence-corrected chi connectivity index (χ4v) is 3.80. The average molecular weight is 348 g/mol. The van der Waals surface area contributed by atoms with Crippen molar-refractivity contribution in [3.63, 3.8) is 0 Å². The second-order valence-corrected chi connectivity index (χ2v) is 7.98. The lowest BCUT2D eigenvalue weighted by atomic mass is 10.1. The Balaban J connectivity index is 2.06. The van der Waals surface area contributed by atoms with Gasteiger partial charge in [0.25, 0.3) is 10.2 Å². The third kappa shape index (κ3) is 3.96. The molecule has 0 saturated carbocycles. The van der Waals surface area contributed by atoms with Gasteiger partial charge >= 0.3 is 0 Å². The second kappa shape index (κ2) is 7.34. The first-order valence-electron chi connectivity index (χ1n) is 7.90. The van der Waals surface area contributed by atoms with Gasteiger partial charge in [-0.05, 0) is 37.5 Å². The number of nitrogens with zero attached hydrogens (tertiary/aromatic N) is 3. The van der Waals surface area contributed by atoms with Crippen LogP contribution in [-0.2, 0) is 23.7 Å². The predicted octanol–water partition coefficient (Wildman–Crippen LogP) is 2.10. The first-order chi connectivity index (χ1) is 11.3. The van der Waals surface area contributed by atoms with Crippen LogP contribution in [-0.4, -0.2) is 36.9 Å². The normalized spacial score (nSPS) is 13.3. The third-order valence-electron chi connectivity index (χ3n) is 4.29. The number of fused-ring (bicyclic) bond motifs is 1. The van der Waals surface area contributed by atoms with Gasteiger partial charge in [0.1, 0.15) is 0 Å². The van der Waals surface area contributed by atoms with Crippen LogP contribution in [0, 0.1) is 18.3 Å². The predicted molar refractivity (Wildman–Crippen MR) is 95.7 cm³/mol. The van der Waals surface area contributed by atoms with Gasteiger partial charge in [0.15, 0.2) is 0 Å². The highest BCUT2D eigenvalue weighted by atomic mass is 32.2. The fourth-order valence-electron chi connectivity index (χ4n) is 2.69. The third-order valence-corrected chi connectivity index (χ3v) is 5.98. The van der Waals surface area contributed by atoms with Gasteiger partial charge in [-0.15, -0.1) is 0 Å². The Kier molecular flexibility index (Phi) is 5.65. The minimum Gasteiger partial charge on any atom is -0.350 e. The number of aryl methyl sites for hydroxylation is 2. The quantitative estimate of drug-likeness (QED) is 0.832. The monoisotopic (exact) mass is 348 g/mol. The summed E-state index contributed by atoms with van der Waals surface area (Å²) in [6, 6.07) is 7.91. The van der Waals surface area contributed by atoms with Crippen molar-refractivity contribution < 1.29 is 8.42 Å². The summed E-state index contributed by atoms with van der Waals surface area (Å²) in [7, 11) is -0.0957. The summed E-state index contributed by atoms with van der Waals surface area (Å²) in [5.74, 6) is 0. The maximum absolute atomic E-state index is 12.3. The van der Waals surface area contributed by atoms with Gasteiger partial charge < -0.3 is 4.57 Å². The van der Waals surface area contributed by atoms with Gasteiger partial charge in [0.2, 0.25) is 0 Å². The van der Waals surface area contributed by atoms with Crippen molar-refractivity contribution in [2.24, 2.45) is 7.05 Å². The molecule has 0 spiro atoms. The Hall–Kier alpha value is -1.88.